The van der Waals surface area contributed by atoms with Gasteiger partial charge in [-0.3, -0.25) is 19.0 Å². The van der Waals surface area contributed by atoms with Crippen LogP contribution in [0.25, 0.3) is 5.69 Å². The van der Waals surface area contributed by atoms with Crippen molar-refractivity contribution < 1.29 is 0 Å². The van der Waals surface area contributed by atoms with Crippen molar-refractivity contribution in [2.75, 3.05) is 0 Å². The van der Waals surface area contributed by atoms with E-state index >= 15 is 0 Å². The topological polar surface area (TPSA) is 69.2 Å². The summed E-state index contributed by atoms with van der Waals surface area (Å²) in [6.45, 7) is 4.78. The van der Waals surface area contributed by atoms with Gasteiger partial charge in [-0.25, -0.2) is 0 Å². The van der Waals surface area contributed by atoms with Crippen molar-refractivity contribution in [2.45, 2.75) is 26.4 Å². The van der Waals surface area contributed by atoms with Crippen molar-refractivity contribution in [1.82, 2.24) is 34.3 Å². The van der Waals surface area contributed by atoms with Gasteiger partial charge in [-0.2, -0.15) is 15.3 Å². The molecule has 4 aromatic rings. The SMILES string of the molecule is Cc1ccnn1C(C)c1n[nH]c(=S)n1-c1cnn(Cc2ccccc2)c1. The summed E-state index contributed by atoms with van der Waals surface area (Å²) in [4.78, 5) is 0. The zero-order valence-corrected chi connectivity index (χ0v) is 15.4. The van der Waals surface area contributed by atoms with Gasteiger partial charge < -0.3 is 0 Å². The highest BCUT2D eigenvalue weighted by molar-refractivity contribution is 7.71. The van der Waals surface area contributed by atoms with E-state index in [9.17, 15) is 0 Å². The van der Waals surface area contributed by atoms with Gasteiger partial charge in [0.05, 0.1) is 18.4 Å². The lowest BCUT2D eigenvalue weighted by atomic mass is 10.2. The van der Waals surface area contributed by atoms with E-state index in [1.165, 1.54) is 5.56 Å². The summed E-state index contributed by atoms with van der Waals surface area (Å²) in [6, 6.07) is 12.1. The molecule has 3 aromatic heterocycles. The molecule has 132 valence electrons. The third-order valence-electron chi connectivity index (χ3n) is 4.37. The molecule has 0 aliphatic carbocycles. The lowest BCUT2D eigenvalue weighted by Crippen LogP contribution is -2.15. The average molecular weight is 365 g/mol. The van der Waals surface area contributed by atoms with Crippen LogP contribution in [-0.4, -0.2) is 34.3 Å². The molecule has 8 heteroatoms. The predicted molar refractivity (Wildman–Crippen MR) is 101 cm³/mol. The van der Waals surface area contributed by atoms with Gasteiger partial charge in [-0.1, -0.05) is 30.3 Å². The van der Waals surface area contributed by atoms with Gasteiger partial charge >= 0.3 is 0 Å². The molecule has 1 aromatic carbocycles. The highest BCUT2D eigenvalue weighted by Crippen LogP contribution is 2.20. The number of aromatic amines is 1. The van der Waals surface area contributed by atoms with Crippen molar-refractivity contribution in [3.8, 4) is 5.69 Å². The number of benzene rings is 1. The van der Waals surface area contributed by atoms with Crippen molar-refractivity contribution >= 4 is 12.2 Å². The van der Waals surface area contributed by atoms with Crippen LogP contribution in [0, 0.1) is 11.7 Å². The highest BCUT2D eigenvalue weighted by atomic mass is 32.1. The van der Waals surface area contributed by atoms with E-state index in [4.69, 9.17) is 12.2 Å². The van der Waals surface area contributed by atoms with E-state index < -0.39 is 0 Å². The molecule has 0 amide bonds. The maximum absolute atomic E-state index is 5.45. The van der Waals surface area contributed by atoms with E-state index in [1.54, 1.807) is 12.4 Å². The van der Waals surface area contributed by atoms with Crippen LogP contribution in [0.1, 0.15) is 30.0 Å². The minimum absolute atomic E-state index is 0.0598. The number of nitrogens with zero attached hydrogens (tertiary/aromatic N) is 6. The largest absolute Gasteiger partial charge is 0.267 e. The first kappa shape index (κ1) is 16.5. The van der Waals surface area contributed by atoms with Crippen molar-refractivity contribution in [1.29, 1.82) is 0 Å². The molecule has 0 spiro atoms. The number of hydrogen-bond acceptors (Lipinski definition) is 4. The van der Waals surface area contributed by atoms with E-state index in [2.05, 4.69) is 39.5 Å². The summed E-state index contributed by atoms with van der Waals surface area (Å²) in [5.74, 6) is 0.793. The van der Waals surface area contributed by atoms with Crippen LogP contribution in [0.4, 0.5) is 0 Å². The third-order valence-corrected chi connectivity index (χ3v) is 4.65. The standard InChI is InChI=1S/C18H19N7S/c1-13-8-9-19-25(13)14(2)17-21-22-18(26)24(17)16-10-20-23(12-16)11-15-6-4-3-5-7-15/h3-10,12,14H,11H2,1-2H3,(H,22,26). The zero-order chi connectivity index (χ0) is 18.1. The normalized spacial score (nSPS) is 12.4. The molecule has 1 atom stereocenters. The Bertz CT molecular complexity index is 1070. The van der Waals surface area contributed by atoms with Gasteiger partial charge in [0.15, 0.2) is 10.6 Å². The lowest BCUT2D eigenvalue weighted by molar-refractivity contribution is 0.515. The summed E-state index contributed by atoms with van der Waals surface area (Å²) in [5.41, 5.74) is 3.14. The van der Waals surface area contributed by atoms with E-state index in [1.807, 2.05) is 51.3 Å². The maximum atomic E-state index is 5.45. The van der Waals surface area contributed by atoms with Crippen molar-refractivity contribution in [3.05, 3.63) is 76.8 Å². The van der Waals surface area contributed by atoms with Crippen LogP contribution < -0.4 is 0 Å². The Morgan fingerprint density at radius 1 is 1.15 bits per heavy atom. The van der Waals surface area contributed by atoms with Crippen LogP contribution in [0.5, 0.6) is 0 Å². The molecule has 1 unspecified atom stereocenters. The summed E-state index contributed by atoms with van der Waals surface area (Å²) in [7, 11) is 0. The molecular formula is C18H19N7S. The molecule has 26 heavy (non-hydrogen) atoms. The number of hydrogen-bond donors (Lipinski definition) is 1. The monoisotopic (exact) mass is 365 g/mol. The molecule has 0 aliphatic heterocycles. The van der Waals surface area contributed by atoms with Crippen molar-refractivity contribution in [3.63, 3.8) is 0 Å². The summed E-state index contributed by atoms with van der Waals surface area (Å²) in [6.07, 6.45) is 5.57. The second-order valence-corrected chi connectivity index (χ2v) is 6.58. The molecule has 7 nitrogen and oxygen atoms in total. The Labute approximate surface area is 155 Å². The number of aryl methyl sites for hydroxylation is 1. The molecule has 0 radical (unpaired) electrons. The summed E-state index contributed by atoms with van der Waals surface area (Å²) in [5, 5.41) is 16.2. The molecular weight excluding hydrogens is 346 g/mol. The highest BCUT2D eigenvalue weighted by Gasteiger charge is 2.19. The number of rotatable bonds is 5. The van der Waals surface area contributed by atoms with Crippen molar-refractivity contribution in [2.24, 2.45) is 0 Å². The molecule has 1 N–H and O–H groups in total. The minimum Gasteiger partial charge on any atom is -0.267 e. The van der Waals surface area contributed by atoms with Crippen LogP contribution in [0.15, 0.2) is 55.0 Å². The summed E-state index contributed by atoms with van der Waals surface area (Å²) < 4.78 is 6.27. The number of H-pyrrole nitrogens is 1. The van der Waals surface area contributed by atoms with Gasteiger partial charge in [-0.05, 0) is 37.7 Å². The first-order valence-electron chi connectivity index (χ1n) is 8.37. The van der Waals surface area contributed by atoms with Gasteiger partial charge in [-0.15, -0.1) is 0 Å². The van der Waals surface area contributed by atoms with Gasteiger partial charge in [0.25, 0.3) is 0 Å². The van der Waals surface area contributed by atoms with E-state index in [0.29, 0.717) is 11.3 Å². The average Bonchev–Trinajstić information content (AvgIpc) is 3.35. The lowest BCUT2D eigenvalue weighted by Gasteiger charge is -2.14. The Kier molecular flexibility index (Phi) is 4.26. The Morgan fingerprint density at radius 3 is 2.69 bits per heavy atom. The van der Waals surface area contributed by atoms with Gasteiger partial charge in [0.2, 0.25) is 0 Å². The smallest absolute Gasteiger partial charge is 0.200 e. The van der Waals surface area contributed by atoms with Crippen LogP contribution in [-0.2, 0) is 6.54 Å². The molecule has 3 heterocycles. The molecule has 0 saturated heterocycles. The second kappa shape index (κ2) is 6.72. The van der Waals surface area contributed by atoms with Gasteiger partial charge in [0.1, 0.15) is 6.04 Å². The molecule has 0 saturated carbocycles. The first-order chi connectivity index (χ1) is 12.6. The number of aromatic nitrogens is 7. The molecule has 4 rings (SSSR count). The predicted octanol–water partition coefficient (Wildman–Crippen LogP) is 3.29. The van der Waals surface area contributed by atoms with Crippen LogP contribution in [0.3, 0.4) is 0 Å². The quantitative estimate of drug-likeness (QED) is 0.551. The van der Waals surface area contributed by atoms with Crippen LogP contribution in [0.2, 0.25) is 0 Å². The molecule has 0 fully saturated rings. The fraction of sp³-hybridized carbons (Fsp3) is 0.222. The summed E-state index contributed by atoms with van der Waals surface area (Å²) >= 11 is 5.45. The molecule has 0 bridgehead atoms. The Morgan fingerprint density at radius 2 is 1.96 bits per heavy atom. The number of nitrogens with one attached hydrogen (secondary N) is 1. The molecule has 0 aliphatic rings. The Hall–Kier alpha value is -3.00. The van der Waals surface area contributed by atoms with Crippen LogP contribution >= 0.6 is 12.2 Å². The Balaban J connectivity index is 1.68. The fourth-order valence-electron chi connectivity index (χ4n) is 3.06. The first-order valence-corrected chi connectivity index (χ1v) is 8.78. The van der Waals surface area contributed by atoms with E-state index in [-0.39, 0.29) is 6.04 Å². The maximum Gasteiger partial charge on any atom is 0.200 e. The third kappa shape index (κ3) is 2.99. The fourth-order valence-corrected chi connectivity index (χ4v) is 3.30. The van der Waals surface area contributed by atoms with E-state index in [0.717, 1.165) is 17.2 Å². The van der Waals surface area contributed by atoms with Gasteiger partial charge in [0, 0.05) is 18.1 Å². The zero-order valence-electron chi connectivity index (χ0n) is 14.6. The second-order valence-electron chi connectivity index (χ2n) is 6.20. The minimum atomic E-state index is -0.0598.